The standard InChI is InChI=1S/C25H16F3NO2/c26-20-3-1-2-17-19(20)13-31-24-9-5-14(10-18(24)25(17)30)4-7-16-8-6-15-11-21(27)22(28)12-23(15)29-16/h1-12,25,30H,13H2/b7-4+. The van der Waals surface area contributed by atoms with Gasteiger partial charge in [-0.1, -0.05) is 30.3 Å². The molecule has 0 bridgehead atoms. The minimum Gasteiger partial charge on any atom is -0.488 e. The lowest BCUT2D eigenvalue weighted by Crippen LogP contribution is -2.03. The van der Waals surface area contributed by atoms with Gasteiger partial charge < -0.3 is 9.84 Å². The maximum atomic E-state index is 14.1. The van der Waals surface area contributed by atoms with Gasteiger partial charge in [-0.05, 0) is 47.5 Å². The van der Waals surface area contributed by atoms with E-state index in [1.54, 1.807) is 48.6 Å². The molecule has 0 saturated heterocycles. The lowest BCUT2D eigenvalue weighted by molar-refractivity contribution is 0.218. The molecule has 1 atom stereocenters. The molecule has 0 radical (unpaired) electrons. The van der Waals surface area contributed by atoms with Gasteiger partial charge in [0, 0.05) is 22.6 Å². The summed E-state index contributed by atoms with van der Waals surface area (Å²) in [6, 6.07) is 15.5. The lowest BCUT2D eigenvalue weighted by Gasteiger charge is -2.13. The van der Waals surface area contributed by atoms with Crippen LogP contribution in [0.5, 0.6) is 5.75 Å². The van der Waals surface area contributed by atoms with Crippen molar-refractivity contribution in [1.82, 2.24) is 4.98 Å². The van der Waals surface area contributed by atoms with E-state index in [1.807, 2.05) is 6.07 Å². The first-order valence-corrected chi connectivity index (χ1v) is 9.65. The van der Waals surface area contributed by atoms with E-state index in [-0.39, 0.29) is 6.61 Å². The highest BCUT2D eigenvalue weighted by Crippen LogP contribution is 2.37. The number of ether oxygens (including phenoxy) is 1. The molecule has 1 unspecified atom stereocenters. The van der Waals surface area contributed by atoms with Gasteiger partial charge in [0.25, 0.3) is 0 Å². The van der Waals surface area contributed by atoms with Crippen molar-refractivity contribution in [3.8, 4) is 5.75 Å². The minimum absolute atomic E-state index is 0.0411. The van der Waals surface area contributed by atoms with Gasteiger partial charge in [0.1, 0.15) is 24.3 Å². The van der Waals surface area contributed by atoms with Crippen LogP contribution < -0.4 is 4.74 Å². The van der Waals surface area contributed by atoms with E-state index in [0.29, 0.717) is 39.0 Å². The highest BCUT2D eigenvalue weighted by Gasteiger charge is 2.24. The number of nitrogens with zero attached hydrogens (tertiary/aromatic N) is 1. The molecule has 0 spiro atoms. The van der Waals surface area contributed by atoms with Gasteiger partial charge in [-0.2, -0.15) is 0 Å². The van der Waals surface area contributed by atoms with Crippen LogP contribution in [0.25, 0.3) is 23.1 Å². The van der Waals surface area contributed by atoms with Crippen molar-refractivity contribution < 1.29 is 23.0 Å². The monoisotopic (exact) mass is 419 g/mol. The van der Waals surface area contributed by atoms with Crippen LogP contribution in [-0.2, 0) is 6.61 Å². The summed E-state index contributed by atoms with van der Waals surface area (Å²) < 4.78 is 46.7. The number of hydrogen-bond acceptors (Lipinski definition) is 3. The zero-order valence-electron chi connectivity index (χ0n) is 16.1. The topological polar surface area (TPSA) is 42.4 Å². The van der Waals surface area contributed by atoms with Crippen LogP contribution in [0, 0.1) is 17.5 Å². The van der Waals surface area contributed by atoms with Crippen molar-refractivity contribution in [3.63, 3.8) is 0 Å². The van der Waals surface area contributed by atoms with Crippen LogP contribution in [0.15, 0.2) is 60.7 Å². The predicted molar refractivity (Wildman–Crippen MR) is 112 cm³/mol. The Kier molecular flexibility index (Phi) is 4.71. The molecule has 0 amide bonds. The molecule has 1 aliphatic heterocycles. The van der Waals surface area contributed by atoms with E-state index in [4.69, 9.17) is 4.74 Å². The van der Waals surface area contributed by atoms with Gasteiger partial charge in [-0.25, -0.2) is 18.2 Å². The molecule has 31 heavy (non-hydrogen) atoms. The number of benzene rings is 3. The fourth-order valence-electron chi connectivity index (χ4n) is 3.72. The number of halogens is 3. The molecule has 5 rings (SSSR count). The summed E-state index contributed by atoms with van der Waals surface area (Å²) in [7, 11) is 0. The van der Waals surface area contributed by atoms with E-state index in [1.165, 1.54) is 6.07 Å². The molecule has 1 aliphatic rings. The number of hydrogen-bond donors (Lipinski definition) is 1. The molecule has 0 aliphatic carbocycles. The van der Waals surface area contributed by atoms with Gasteiger partial charge in [0.15, 0.2) is 11.6 Å². The lowest BCUT2D eigenvalue weighted by atomic mass is 9.96. The average molecular weight is 419 g/mol. The molecule has 154 valence electrons. The zero-order valence-corrected chi connectivity index (χ0v) is 16.1. The number of pyridine rings is 1. The molecule has 4 aromatic rings. The van der Waals surface area contributed by atoms with E-state index in [9.17, 15) is 18.3 Å². The SMILES string of the molecule is OC1c2cc(/C=C/c3ccc4cc(F)c(F)cc4n3)ccc2OCc2c(F)cccc21. The summed E-state index contributed by atoms with van der Waals surface area (Å²) in [5.41, 5.74) is 3.05. The number of rotatable bonds is 2. The molecule has 1 aromatic heterocycles. The Morgan fingerprint density at radius 3 is 2.58 bits per heavy atom. The quantitative estimate of drug-likeness (QED) is 0.447. The number of aromatic nitrogens is 1. The first-order valence-electron chi connectivity index (χ1n) is 9.65. The van der Waals surface area contributed by atoms with Crippen LogP contribution in [0.2, 0.25) is 0 Å². The van der Waals surface area contributed by atoms with Crippen LogP contribution in [0.3, 0.4) is 0 Å². The molecule has 1 N–H and O–H groups in total. The average Bonchev–Trinajstić information content (AvgIpc) is 2.91. The normalized spacial score (nSPS) is 15.4. The Hall–Kier alpha value is -3.64. The first-order chi connectivity index (χ1) is 15.0. The summed E-state index contributed by atoms with van der Waals surface area (Å²) in [4.78, 5) is 4.34. The van der Waals surface area contributed by atoms with Crippen molar-refractivity contribution in [2.45, 2.75) is 12.7 Å². The fraction of sp³-hybridized carbons (Fsp3) is 0.0800. The summed E-state index contributed by atoms with van der Waals surface area (Å²) in [5, 5.41) is 11.4. The van der Waals surface area contributed by atoms with Crippen LogP contribution in [0.1, 0.15) is 34.1 Å². The second-order valence-electron chi connectivity index (χ2n) is 7.32. The number of aliphatic hydroxyl groups is 1. The van der Waals surface area contributed by atoms with Gasteiger partial charge in [-0.15, -0.1) is 0 Å². The summed E-state index contributed by atoms with van der Waals surface area (Å²) >= 11 is 0. The smallest absolute Gasteiger partial charge is 0.161 e. The van der Waals surface area contributed by atoms with Gasteiger partial charge in [0.2, 0.25) is 0 Å². The number of fused-ring (bicyclic) bond motifs is 3. The molecule has 0 saturated carbocycles. The highest BCUT2D eigenvalue weighted by molar-refractivity contribution is 5.81. The molecule has 6 heteroatoms. The van der Waals surface area contributed by atoms with Crippen molar-refractivity contribution >= 4 is 23.1 Å². The second-order valence-corrected chi connectivity index (χ2v) is 7.32. The minimum atomic E-state index is -1.02. The third kappa shape index (κ3) is 3.55. The van der Waals surface area contributed by atoms with Gasteiger partial charge in [0.05, 0.1) is 11.2 Å². The van der Waals surface area contributed by atoms with E-state index in [2.05, 4.69) is 4.98 Å². The Balaban J connectivity index is 1.48. The van der Waals surface area contributed by atoms with Crippen LogP contribution in [-0.4, -0.2) is 10.1 Å². The summed E-state index contributed by atoms with van der Waals surface area (Å²) in [5.74, 6) is -1.79. The van der Waals surface area contributed by atoms with Crippen molar-refractivity contribution in [2.75, 3.05) is 0 Å². The zero-order chi connectivity index (χ0) is 21.5. The highest BCUT2D eigenvalue weighted by atomic mass is 19.2. The van der Waals surface area contributed by atoms with Crippen LogP contribution in [0.4, 0.5) is 13.2 Å². The fourth-order valence-corrected chi connectivity index (χ4v) is 3.72. The Bertz CT molecular complexity index is 1350. The van der Waals surface area contributed by atoms with E-state index < -0.39 is 23.6 Å². The molecule has 3 aromatic carbocycles. The molecule has 3 nitrogen and oxygen atoms in total. The third-order valence-electron chi connectivity index (χ3n) is 5.35. The first kappa shape index (κ1) is 19.3. The van der Waals surface area contributed by atoms with Crippen molar-refractivity contribution in [2.24, 2.45) is 0 Å². The largest absolute Gasteiger partial charge is 0.488 e. The van der Waals surface area contributed by atoms with Crippen LogP contribution >= 0.6 is 0 Å². The van der Waals surface area contributed by atoms with Crippen molar-refractivity contribution in [1.29, 1.82) is 0 Å². The van der Waals surface area contributed by atoms with E-state index in [0.717, 1.165) is 17.7 Å². The Morgan fingerprint density at radius 1 is 0.871 bits per heavy atom. The molecular formula is C25H16F3NO2. The summed E-state index contributed by atoms with van der Waals surface area (Å²) in [6.45, 7) is 0.0411. The Labute approximate surface area is 176 Å². The third-order valence-corrected chi connectivity index (χ3v) is 5.35. The van der Waals surface area contributed by atoms with Crippen molar-refractivity contribution in [3.05, 3.63) is 106 Å². The Morgan fingerprint density at radius 2 is 1.71 bits per heavy atom. The van der Waals surface area contributed by atoms with Gasteiger partial charge >= 0.3 is 0 Å². The second kappa shape index (κ2) is 7.56. The number of aliphatic hydroxyl groups excluding tert-OH is 1. The summed E-state index contributed by atoms with van der Waals surface area (Å²) in [6.07, 6.45) is 2.51. The molecule has 2 heterocycles. The maximum Gasteiger partial charge on any atom is 0.161 e. The van der Waals surface area contributed by atoms with E-state index >= 15 is 0 Å². The molecular weight excluding hydrogens is 403 g/mol. The van der Waals surface area contributed by atoms with Gasteiger partial charge in [-0.3, -0.25) is 0 Å². The molecule has 0 fully saturated rings. The maximum absolute atomic E-state index is 14.1. The predicted octanol–water partition coefficient (Wildman–Crippen LogP) is 5.80.